The molecule has 158 valence electrons. The molecule has 1 aliphatic heterocycles. The van der Waals surface area contributed by atoms with Crippen LogP contribution >= 0.6 is 11.6 Å². The van der Waals surface area contributed by atoms with E-state index in [2.05, 4.69) is 5.10 Å². The third-order valence-corrected chi connectivity index (χ3v) is 6.51. The van der Waals surface area contributed by atoms with Crippen LogP contribution in [0.5, 0.6) is 5.75 Å². The van der Waals surface area contributed by atoms with Crippen molar-refractivity contribution in [3.8, 4) is 11.4 Å². The maximum atomic E-state index is 14.4. The first-order valence-electron chi connectivity index (χ1n) is 9.49. The van der Waals surface area contributed by atoms with Gasteiger partial charge in [-0.1, -0.05) is 24.6 Å². The number of nitrogens with zero attached hydrogens (tertiary/aromatic N) is 2. The Morgan fingerprint density at radius 3 is 2.97 bits per heavy atom. The molecule has 2 atom stereocenters. The summed E-state index contributed by atoms with van der Waals surface area (Å²) in [5, 5.41) is 5.73. The van der Waals surface area contributed by atoms with Gasteiger partial charge in [0.15, 0.2) is 15.7 Å². The first-order valence-corrected chi connectivity index (χ1v) is 11.6. The van der Waals surface area contributed by atoms with Crippen LogP contribution < -0.4 is 4.74 Å². The van der Waals surface area contributed by atoms with Crippen LogP contribution in [0.2, 0.25) is 5.02 Å². The quantitative estimate of drug-likeness (QED) is 0.617. The van der Waals surface area contributed by atoms with Crippen molar-refractivity contribution in [3.63, 3.8) is 0 Å². The van der Waals surface area contributed by atoms with E-state index in [9.17, 15) is 12.8 Å². The molecule has 6 nitrogen and oxygen atoms in total. The Morgan fingerprint density at radius 2 is 2.28 bits per heavy atom. The van der Waals surface area contributed by atoms with Crippen molar-refractivity contribution in [2.45, 2.75) is 19.8 Å². The number of aromatic nitrogens is 2. The lowest BCUT2D eigenvalue weighted by Crippen LogP contribution is -2.28. The van der Waals surface area contributed by atoms with Crippen LogP contribution in [0.4, 0.5) is 4.39 Å². The van der Waals surface area contributed by atoms with E-state index < -0.39 is 15.7 Å². The highest BCUT2D eigenvalue weighted by Gasteiger charge is 2.24. The van der Waals surface area contributed by atoms with Crippen molar-refractivity contribution in [1.82, 2.24) is 9.78 Å². The molecule has 2 aromatic rings. The van der Waals surface area contributed by atoms with Gasteiger partial charge in [-0.05, 0) is 36.8 Å². The van der Waals surface area contributed by atoms with E-state index in [1.165, 1.54) is 28.5 Å². The zero-order valence-electron chi connectivity index (χ0n) is 16.1. The molecule has 1 aliphatic rings. The molecule has 2 unspecified atom stereocenters. The Hall–Kier alpha value is -1.90. The van der Waals surface area contributed by atoms with Crippen molar-refractivity contribution in [3.05, 3.63) is 52.9 Å². The van der Waals surface area contributed by atoms with Crippen molar-refractivity contribution in [2.75, 3.05) is 25.6 Å². The summed E-state index contributed by atoms with van der Waals surface area (Å²) >= 11 is 5.82. The molecular formula is C20H24ClFN2O4S. The van der Waals surface area contributed by atoms with Gasteiger partial charge in [-0.25, -0.2) is 17.5 Å². The molecule has 0 amide bonds. The highest BCUT2D eigenvalue weighted by Crippen LogP contribution is 2.27. The van der Waals surface area contributed by atoms with Gasteiger partial charge in [0.05, 0.1) is 30.2 Å². The molecule has 3 rings (SSSR count). The van der Waals surface area contributed by atoms with Gasteiger partial charge in [0.2, 0.25) is 0 Å². The van der Waals surface area contributed by atoms with Crippen LogP contribution in [-0.4, -0.2) is 43.8 Å². The minimum Gasteiger partial charge on any atom is -0.493 e. The molecule has 9 heteroatoms. The van der Waals surface area contributed by atoms with Crippen molar-refractivity contribution in [1.29, 1.82) is 0 Å². The molecular weight excluding hydrogens is 419 g/mol. The molecule has 29 heavy (non-hydrogen) atoms. The lowest BCUT2D eigenvalue weighted by atomic mass is 9.86. The highest BCUT2D eigenvalue weighted by molar-refractivity contribution is 7.94. The average Bonchev–Trinajstić information content (AvgIpc) is 3.13. The Labute approximate surface area is 175 Å². The molecule has 1 saturated heterocycles. The van der Waals surface area contributed by atoms with Crippen LogP contribution in [0.3, 0.4) is 0 Å². The summed E-state index contributed by atoms with van der Waals surface area (Å²) in [6, 6.07) is 4.57. The van der Waals surface area contributed by atoms with Crippen LogP contribution in [-0.2, 0) is 14.6 Å². The highest BCUT2D eigenvalue weighted by atomic mass is 35.5. The Bertz CT molecular complexity index is 961. The summed E-state index contributed by atoms with van der Waals surface area (Å²) in [5.74, 6) is 0.322. The van der Waals surface area contributed by atoms with Crippen molar-refractivity contribution in [2.24, 2.45) is 11.8 Å². The number of allylic oxidation sites excluding steroid dienone is 1. The number of sulfone groups is 1. The van der Waals surface area contributed by atoms with E-state index in [0.717, 1.165) is 6.42 Å². The SMILES string of the molecule is CCS(=O)(=O)/C=C\C1CCOCC1CCOc1ccc(-n2cc(Cl)cn2)c(F)c1. The van der Waals surface area contributed by atoms with E-state index in [1.807, 2.05) is 0 Å². The maximum absolute atomic E-state index is 14.4. The molecule has 0 radical (unpaired) electrons. The molecule has 0 aliphatic carbocycles. The number of hydrogen-bond acceptors (Lipinski definition) is 5. The molecule has 0 N–H and O–H groups in total. The fourth-order valence-electron chi connectivity index (χ4n) is 3.20. The monoisotopic (exact) mass is 442 g/mol. The first kappa shape index (κ1) is 21.8. The second kappa shape index (κ2) is 9.73. The van der Waals surface area contributed by atoms with Gasteiger partial charge in [0.1, 0.15) is 11.4 Å². The van der Waals surface area contributed by atoms with Gasteiger partial charge < -0.3 is 9.47 Å². The normalized spacial score (nSPS) is 20.2. The molecule has 1 fully saturated rings. The average molecular weight is 443 g/mol. The number of hydrogen-bond donors (Lipinski definition) is 0. The Kier molecular flexibility index (Phi) is 7.32. The third kappa shape index (κ3) is 6.04. The fourth-order valence-corrected chi connectivity index (χ4v) is 3.97. The zero-order chi connectivity index (χ0) is 20.9. The molecule has 1 aromatic carbocycles. The van der Waals surface area contributed by atoms with E-state index >= 15 is 0 Å². The summed E-state index contributed by atoms with van der Waals surface area (Å²) in [5.41, 5.74) is 0.285. The standard InChI is InChI=1S/C20H24ClFN2O4S/c1-2-29(25,26)10-7-15-5-8-27-14-16(15)6-9-28-18-3-4-20(19(22)11-18)24-13-17(21)12-23-24/h3-4,7,10-13,15-16H,2,5-6,8-9,14H2,1H3/b10-7-. The predicted octanol–water partition coefficient (Wildman–Crippen LogP) is 4.03. The van der Waals surface area contributed by atoms with Crippen molar-refractivity contribution >= 4 is 21.4 Å². The van der Waals surface area contributed by atoms with E-state index in [-0.39, 0.29) is 23.3 Å². The number of benzene rings is 1. The van der Waals surface area contributed by atoms with Crippen LogP contribution in [0.1, 0.15) is 19.8 Å². The van der Waals surface area contributed by atoms with E-state index in [4.69, 9.17) is 21.1 Å². The van der Waals surface area contributed by atoms with Gasteiger partial charge in [-0.2, -0.15) is 5.10 Å². The molecule has 0 spiro atoms. The largest absolute Gasteiger partial charge is 0.493 e. The topological polar surface area (TPSA) is 70.4 Å². The van der Waals surface area contributed by atoms with Gasteiger partial charge in [-0.15, -0.1) is 0 Å². The zero-order valence-corrected chi connectivity index (χ0v) is 17.7. The van der Waals surface area contributed by atoms with Crippen LogP contribution in [0, 0.1) is 17.7 Å². The molecule has 1 aromatic heterocycles. The third-order valence-electron chi connectivity index (χ3n) is 4.94. The smallest absolute Gasteiger partial charge is 0.171 e. The number of halogens is 2. The lowest BCUT2D eigenvalue weighted by Gasteiger charge is -2.29. The van der Waals surface area contributed by atoms with Gasteiger partial charge >= 0.3 is 0 Å². The number of ether oxygens (including phenoxy) is 2. The fraction of sp³-hybridized carbons (Fsp3) is 0.450. The van der Waals surface area contributed by atoms with Gasteiger partial charge in [-0.3, -0.25) is 0 Å². The number of rotatable bonds is 8. The molecule has 0 bridgehead atoms. The molecule has 2 heterocycles. The minimum atomic E-state index is -3.15. The first-order chi connectivity index (χ1) is 13.9. The Balaban J connectivity index is 1.57. The van der Waals surface area contributed by atoms with Crippen LogP contribution in [0.15, 0.2) is 42.1 Å². The maximum Gasteiger partial charge on any atom is 0.171 e. The van der Waals surface area contributed by atoms with Gasteiger partial charge in [0, 0.05) is 24.3 Å². The second-order valence-corrected chi connectivity index (χ2v) is 9.53. The summed E-state index contributed by atoms with van der Waals surface area (Å²) in [4.78, 5) is 0. The minimum absolute atomic E-state index is 0.0901. The summed E-state index contributed by atoms with van der Waals surface area (Å²) in [7, 11) is -3.15. The summed E-state index contributed by atoms with van der Waals surface area (Å²) in [6.07, 6.45) is 6.19. The predicted molar refractivity (Wildman–Crippen MR) is 110 cm³/mol. The van der Waals surface area contributed by atoms with E-state index in [0.29, 0.717) is 37.0 Å². The second-order valence-electron chi connectivity index (χ2n) is 6.92. The summed E-state index contributed by atoms with van der Waals surface area (Å²) in [6.45, 7) is 3.17. The summed E-state index contributed by atoms with van der Waals surface area (Å²) < 4.78 is 50.4. The molecule has 0 saturated carbocycles. The Morgan fingerprint density at radius 1 is 1.45 bits per heavy atom. The van der Waals surface area contributed by atoms with Gasteiger partial charge in [0.25, 0.3) is 0 Å². The lowest BCUT2D eigenvalue weighted by molar-refractivity contribution is 0.0228. The van der Waals surface area contributed by atoms with E-state index in [1.54, 1.807) is 25.1 Å². The van der Waals surface area contributed by atoms with Crippen molar-refractivity contribution < 1.29 is 22.3 Å². The van der Waals surface area contributed by atoms with Crippen LogP contribution in [0.25, 0.3) is 5.69 Å².